The van der Waals surface area contributed by atoms with E-state index >= 15 is 0 Å². The number of carbonyl (C=O) groups is 1. The predicted molar refractivity (Wildman–Crippen MR) is 60.6 cm³/mol. The number of methoxy groups -OCH3 is 1. The fourth-order valence-corrected chi connectivity index (χ4v) is 1.43. The van der Waals surface area contributed by atoms with Gasteiger partial charge in [0.25, 0.3) is 0 Å². The zero-order chi connectivity index (χ0) is 11.5. The molecule has 0 saturated carbocycles. The fourth-order valence-electron chi connectivity index (χ4n) is 1.43. The third-order valence-corrected chi connectivity index (χ3v) is 2.32. The monoisotopic (exact) mass is 216 g/mol. The number of hydrogen-bond donors (Lipinski definition) is 1. The first kappa shape index (κ1) is 10.4. The van der Waals surface area contributed by atoms with Crippen LogP contribution in [0.1, 0.15) is 17.4 Å². The maximum atomic E-state index is 11.1. The lowest BCUT2D eigenvalue weighted by molar-refractivity contribution is 0.101. The predicted octanol–water partition coefficient (Wildman–Crippen LogP) is 2.29. The highest BCUT2D eigenvalue weighted by molar-refractivity contribution is 5.93. The molecular formula is C12H12N2O2. The zero-order valence-electron chi connectivity index (χ0n) is 9.15. The van der Waals surface area contributed by atoms with E-state index in [2.05, 4.69) is 10.2 Å². The fraction of sp³-hybridized carbons (Fsp3) is 0.167. The minimum absolute atomic E-state index is 0.0263. The van der Waals surface area contributed by atoms with Crippen LogP contribution in [0.25, 0.3) is 11.3 Å². The van der Waals surface area contributed by atoms with Gasteiger partial charge in [-0.15, -0.1) is 0 Å². The molecule has 0 fully saturated rings. The molecule has 0 saturated heterocycles. The Hall–Kier alpha value is -2.10. The summed E-state index contributed by atoms with van der Waals surface area (Å²) in [7, 11) is 1.62. The Labute approximate surface area is 93.3 Å². The first-order valence-corrected chi connectivity index (χ1v) is 4.91. The summed E-state index contributed by atoms with van der Waals surface area (Å²) in [6.07, 6.45) is 0. The molecule has 0 atom stereocenters. The summed E-state index contributed by atoms with van der Waals surface area (Å²) in [5, 5.41) is 6.78. The number of hydrogen-bond acceptors (Lipinski definition) is 3. The van der Waals surface area contributed by atoms with E-state index in [1.807, 2.05) is 24.3 Å². The lowest BCUT2D eigenvalue weighted by atomic mass is 10.1. The van der Waals surface area contributed by atoms with Crippen LogP contribution in [0.15, 0.2) is 30.3 Å². The Kier molecular flexibility index (Phi) is 2.72. The summed E-state index contributed by atoms with van der Waals surface area (Å²) in [4.78, 5) is 11.1. The molecule has 0 aliphatic carbocycles. The molecule has 0 bridgehead atoms. The van der Waals surface area contributed by atoms with Gasteiger partial charge in [-0.25, -0.2) is 0 Å². The van der Waals surface area contributed by atoms with Crippen molar-refractivity contribution in [1.82, 2.24) is 10.2 Å². The van der Waals surface area contributed by atoms with Crippen molar-refractivity contribution < 1.29 is 9.53 Å². The van der Waals surface area contributed by atoms with E-state index in [1.165, 1.54) is 6.92 Å². The molecule has 4 heteroatoms. The Bertz CT molecular complexity index is 517. The van der Waals surface area contributed by atoms with Gasteiger partial charge in [0.05, 0.1) is 12.8 Å². The minimum Gasteiger partial charge on any atom is -0.497 e. The van der Waals surface area contributed by atoms with Crippen LogP contribution in [-0.2, 0) is 0 Å². The maximum Gasteiger partial charge on any atom is 0.177 e. The number of rotatable bonds is 3. The van der Waals surface area contributed by atoms with Crippen LogP contribution < -0.4 is 4.74 Å². The number of ketones is 1. The molecule has 1 aromatic carbocycles. The molecule has 82 valence electrons. The van der Waals surface area contributed by atoms with Gasteiger partial charge in [-0.2, -0.15) is 5.10 Å². The van der Waals surface area contributed by atoms with E-state index in [-0.39, 0.29) is 5.78 Å². The summed E-state index contributed by atoms with van der Waals surface area (Å²) in [6, 6.07) is 9.28. The van der Waals surface area contributed by atoms with Gasteiger partial charge in [-0.1, -0.05) is 12.1 Å². The molecule has 16 heavy (non-hydrogen) atoms. The molecule has 1 aromatic heterocycles. The van der Waals surface area contributed by atoms with E-state index in [0.29, 0.717) is 5.69 Å². The maximum absolute atomic E-state index is 11.1. The van der Waals surface area contributed by atoms with Crippen LogP contribution in [-0.4, -0.2) is 23.1 Å². The summed E-state index contributed by atoms with van der Waals surface area (Å²) in [6.45, 7) is 1.50. The molecule has 1 N–H and O–H groups in total. The first-order valence-electron chi connectivity index (χ1n) is 4.91. The highest BCUT2D eigenvalue weighted by Crippen LogP contribution is 2.22. The van der Waals surface area contributed by atoms with Crippen molar-refractivity contribution in [3.63, 3.8) is 0 Å². The van der Waals surface area contributed by atoms with Crippen molar-refractivity contribution in [2.45, 2.75) is 6.92 Å². The van der Waals surface area contributed by atoms with Crippen molar-refractivity contribution in [1.29, 1.82) is 0 Å². The molecule has 0 aliphatic rings. The molecule has 0 aliphatic heterocycles. The highest BCUT2D eigenvalue weighted by atomic mass is 16.5. The summed E-state index contributed by atoms with van der Waals surface area (Å²) < 4.78 is 5.13. The molecular weight excluding hydrogens is 204 g/mol. The third kappa shape index (κ3) is 1.95. The molecule has 0 unspecified atom stereocenters. The van der Waals surface area contributed by atoms with Crippen molar-refractivity contribution >= 4 is 5.78 Å². The van der Waals surface area contributed by atoms with Crippen molar-refractivity contribution in [2.24, 2.45) is 0 Å². The van der Waals surface area contributed by atoms with Crippen LogP contribution in [0.4, 0.5) is 0 Å². The minimum atomic E-state index is -0.0263. The average Bonchev–Trinajstić information content (AvgIpc) is 2.78. The highest BCUT2D eigenvalue weighted by Gasteiger charge is 2.07. The quantitative estimate of drug-likeness (QED) is 0.801. The number of Topliss-reactive ketones (excluding diaryl/α,β-unsaturated/α-hetero) is 1. The largest absolute Gasteiger partial charge is 0.497 e. The van der Waals surface area contributed by atoms with E-state index < -0.39 is 0 Å². The molecule has 2 aromatic rings. The lowest BCUT2D eigenvalue weighted by Crippen LogP contribution is -1.90. The van der Waals surface area contributed by atoms with Crippen LogP contribution >= 0.6 is 0 Å². The van der Waals surface area contributed by atoms with E-state index in [0.717, 1.165) is 17.0 Å². The van der Waals surface area contributed by atoms with Gasteiger partial charge in [-0.05, 0) is 18.2 Å². The Morgan fingerprint density at radius 2 is 2.19 bits per heavy atom. The molecule has 0 spiro atoms. The van der Waals surface area contributed by atoms with Crippen LogP contribution in [0.3, 0.4) is 0 Å². The number of nitrogens with zero attached hydrogens (tertiary/aromatic N) is 1. The Balaban J connectivity index is 2.38. The van der Waals surface area contributed by atoms with Crippen molar-refractivity contribution in [2.75, 3.05) is 7.11 Å². The van der Waals surface area contributed by atoms with Crippen LogP contribution in [0.5, 0.6) is 5.75 Å². The summed E-state index contributed by atoms with van der Waals surface area (Å²) >= 11 is 0. The van der Waals surface area contributed by atoms with Crippen molar-refractivity contribution in [3.05, 3.63) is 36.0 Å². The van der Waals surface area contributed by atoms with Gasteiger partial charge >= 0.3 is 0 Å². The van der Waals surface area contributed by atoms with Crippen LogP contribution in [0.2, 0.25) is 0 Å². The number of aromatic nitrogens is 2. The average molecular weight is 216 g/mol. The van der Waals surface area contributed by atoms with Gasteiger partial charge in [0, 0.05) is 12.5 Å². The SMILES string of the molecule is COc1cccc(-c2cc(C(C)=O)[nH]n2)c1. The van der Waals surface area contributed by atoms with Gasteiger partial charge in [0.15, 0.2) is 5.78 Å². The van der Waals surface area contributed by atoms with Gasteiger partial charge in [0.2, 0.25) is 0 Å². The molecule has 4 nitrogen and oxygen atoms in total. The molecule has 0 amide bonds. The second-order valence-electron chi connectivity index (χ2n) is 3.46. The van der Waals surface area contributed by atoms with Crippen LogP contribution in [0, 0.1) is 0 Å². The molecule has 0 radical (unpaired) electrons. The Morgan fingerprint density at radius 3 is 2.81 bits per heavy atom. The van der Waals surface area contributed by atoms with E-state index in [1.54, 1.807) is 13.2 Å². The topological polar surface area (TPSA) is 55.0 Å². The van der Waals surface area contributed by atoms with Gasteiger partial charge < -0.3 is 4.74 Å². The Morgan fingerprint density at radius 1 is 1.38 bits per heavy atom. The number of H-pyrrole nitrogens is 1. The smallest absolute Gasteiger partial charge is 0.177 e. The summed E-state index contributed by atoms with van der Waals surface area (Å²) in [5.74, 6) is 0.742. The van der Waals surface area contributed by atoms with Gasteiger partial charge in [0.1, 0.15) is 11.4 Å². The summed E-state index contributed by atoms with van der Waals surface area (Å²) in [5.41, 5.74) is 2.17. The molecule has 1 heterocycles. The number of nitrogens with one attached hydrogen (secondary N) is 1. The van der Waals surface area contributed by atoms with E-state index in [4.69, 9.17) is 4.74 Å². The second kappa shape index (κ2) is 4.18. The van der Waals surface area contributed by atoms with Gasteiger partial charge in [-0.3, -0.25) is 9.89 Å². The lowest BCUT2D eigenvalue weighted by Gasteiger charge is -2.00. The zero-order valence-corrected chi connectivity index (χ0v) is 9.15. The van der Waals surface area contributed by atoms with Crippen molar-refractivity contribution in [3.8, 4) is 17.0 Å². The normalized spacial score (nSPS) is 10.1. The standard InChI is InChI=1S/C12H12N2O2/c1-8(15)11-7-12(14-13-11)9-4-3-5-10(6-9)16-2/h3-7H,1-2H3,(H,13,14). The number of aromatic amines is 1. The number of benzene rings is 1. The molecule has 2 rings (SSSR count). The number of carbonyl (C=O) groups excluding carboxylic acids is 1. The number of ether oxygens (including phenoxy) is 1. The first-order chi connectivity index (χ1) is 7.70. The third-order valence-electron chi connectivity index (χ3n) is 2.32. The van der Waals surface area contributed by atoms with E-state index in [9.17, 15) is 4.79 Å². The second-order valence-corrected chi connectivity index (χ2v) is 3.46.